The number of methoxy groups -OCH3 is 1. The van der Waals surface area contributed by atoms with E-state index in [4.69, 9.17) is 4.74 Å². The zero-order valence-electron chi connectivity index (χ0n) is 14.6. The molecule has 1 aliphatic heterocycles. The predicted octanol–water partition coefficient (Wildman–Crippen LogP) is 2.93. The van der Waals surface area contributed by atoms with Crippen LogP contribution in [0.3, 0.4) is 0 Å². The Morgan fingerprint density at radius 2 is 2.00 bits per heavy atom. The number of halogens is 1. The molecule has 6 heteroatoms. The Morgan fingerprint density at radius 3 is 2.69 bits per heavy atom. The van der Waals surface area contributed by atoms with E-state index in [1.54, 1.807) is 12.0 Å². The van der Waals surface area contributed by atoms with Gasteiger partial charge in [-0.3, -0.25) is 9.59 Å². The molecule has 136 valence electrons. The number of ether oxygens (including phenoxy) is 1. The van der Waals surface area contributed by atoms with Gasteiger partial charge in [0.25, 0.3) is 5.91 Å². The molecule has 0 radical (unpaired) electrons. The molecule has 1 unspecified atom stereocenters. The molecule has 1 heterocycles. The van der Waals surface area contributed by atoms with Gasteiger partial charge < -0.3 is 15.0 Å². The summed E-state index contributed by atoms with van der Waals surface area (Å²) in [5.41, 5.74) is 1.25. The number of rotatable bonds is 5. The number of carbonyl (C=O) groups excluding carboxylic acids is 2. The molecule has 1 atom stereocenters. The van der Waals surface area contributed by atoms with Crippen molar-refractivity contribution in [3.63, 3.8) is 0 Å². The zero-order valence-corrected chi connectivity index (χ0v) is 14.6. The molecular formula is C20H21FN2O3. The summed E-state index contributed by atoms with van der Waals surface area (Å²) >= 11 is 0. The van der Waals surface area contributed by atoms with E-state index in [-0.39, 0.29) is 24.1 Å². The van der Waals surface area contributed by atoms with Gasteiger partial charge >= 0.3 is 0 Å². The predicted molar refractivity (Wildman–Crippen MR) is 95.4 cm³/mol. The van der Waals surface area contributed by atoms with Gasteiger partial charge in [-0.25, -0.2) is 4.39 Å². The Balaban J connectivity index is 1.62. The third kappa shape index (κ3) is 4.02. The van der Waals surface area contributed by atoms with Gasteiger partial charge in [0.2, 0.25) is 5.91 Å². The van der Waals surface area contributed by atoms with Crippen LogP contribution >= 0.6 is 0 Å². The van der Waals surface area contributed by atoms with Gasteiger partial charge in [-0.05, 0) is 48.7 Å². The van der Waals surface area contributed by atoms with Gasteiger partial charge in [-0.2, -0.15) is 0 Å². The highest BCUT2D eigenvalue weighted by molar-refractivity contribution is 5.96. The molecular weight excluding hydrogens is 335 g/mol. The fourth-order valence-electron chi connectivity index (χ4n) is 3.23. The molecule has 2 aromatic rings. The lowest BCUT2D eigenvalue weighted by Gasteiger charge is -2.25. The standard InChI is InChI=1S/C20H21FN2O3/c1-26-17-9-7-14(8-10-17)18-6-3-11-23(18)19(24)13-22-20(25)15-4-2-5-16(21)12-15/h2,4-5,7-10,12,18H,3,6,11,13H2,1H3,(H,22,25). The molecule has 1 aliphatic rings. The van der Waals surface area contributed by atoms with Crippen LogP contribution < -0.4 is 10.1 Å². The van der Waals surface area contributed by atoms with Gasteiger partial charge in [-0.1, -0.05) is 18.2 Å². The third-order valence-electron chi connectivity index (χ3n) is 4.56. The summed E-state index contributed by atoms with van der Waals surface area (Å²) in [7, 11) is 1.61. The lowest BCUT2D eigenvalue weighted by Crippen LogP contribution is -2.39. The molecule has 3 rings (SSSR count). The first-order valence-corrected chi connectivity index (χ1v) is 8.55. The highest BCUT2D eigenvalue weighted by Gasteiger charge is 2.29. The van der Waals surface area contributed by atoms with Crippen LogP contribution in [0.5, 0.6) is 5.75 Å². The first kappa shape index (κ1) is 17.9. The van der Waals surface area contributed by atoms with E-state index in [2.05, 4.69) is 5.32 Å². The van der Waals surface area contributed by atoms with E-state index < -0.39 is 11.7 Å². The van der Waals surface area contributed by atoms with Gasteiger partial charge in [0.05, 0.1) is 19.7 Å². The number of nitrogens with zero attached hydrogens (tertiary/aromatic N) is 1. The second-order valence-corrected chi connectivity index (χ2v) is 6.21. The highest BCUT2D eigenvalue weighted by atomic mass is 19.1. The summed E-state index contributed by atoms with van der Waals surface area (Å²) < 4.78 is 18.4. The van der Waals surface area contributed by atoms with E-state index in [0.717, 1.165) is 30.2 Å². The van der Waals surface area contributed by atoms with Gasteiger partial charge in [0.15, 0.2) is 0 Å². The fourth-order valence-corrected chi connectivity index (χ4v) is 3.23. The van der Waals surface area contributed by atoms with Gasteiger partial charge in [0.1, 0.15) is 11.6 Å². The number of hydrogen-bond donors (Lipinski definition) is 1. The van der Waals surface area contributed by atoms with Crippen LogP contribution in [-0.2, 0) is 4.79 Å². The van der Waals surface area contributed by atoms with Crippen molar-refractivity contribution in [2.24, 2.45) is 0 Å². The number of benzene rings is 2. The summed E-state index contributed by atoms with van der Waals surface area (Å²) in [6.45, 7) is 0.549. The maximum absolute atomic E-state index is 13.2. The van der Waals surface area contributed by atoms with Crippen molar-refractivity contribution in [3.8, 4) is 5.75 Å². The molecule has 1 N–H and O–H groups in total. The summed E-state index contributed by atoms with van der Waals surface area (Å²) in [5, 5.41) is 2.58. The molecule has 1 saturated heterocycles. The molecule has 0 bridgehead atoms. The lowest BCUT2D eigenvalue weighted by atomic mass is 10.0. The maximum atomic E-state index is 13.2. The van der Waals surface area contributed by atoms with Crippen LogP contribution in [0.4, 0.5) is 4.39 Å². The van der Waals surface area contributed by atoms with Crippen LogP contribution in [0.1, 0.15) is 34.8 Å². The molecule has 0 aliphatic carbocycles. The largest absolute Gasteiger partial charge is 0.497 e. The molecule has 2 aromatic carbocycles. The molecule has 2 amide bonds. The average molecular weight is 356 g/mol. The molecule has 26 heavy (non-hydrogen) atoms. The van der Waals surface area contributed by atoms with Gasteiger partial charge in [0, 0.05) is 12.1 Å². The minimum absolute atomic E-state index is 0.000483. The SMILES string of the molecule is COc1ccc(C2CCCN2C(=O)CNC(=O)c2cccc(F)c2)cc1. The summed E-state index contributed by atoms with van der Waals surface area (Å²) in [5.74, 6) is -0.318. The van der Waals surface area contributed by atoms with Crippen LogP contribution in [0.25, 0.3) is 0 Å². The van der Waals surface area contributed by atoms with Crippen molar-refractivity contribution in [2.45, 2.75) is 18.9 Å². The number of amides is 2. The topological polar surface area (TPSA) is 58.6 Å². The van der Waals surface area contributed by atoms with E-state index in [0.29, 0.717) is 6.54 Å². The first-order valence-electron chi connectivity index (χ1n) is 8.55. The fraction of sp³-hybridized carbons (Fsp3) is 0.300. The highest BCUT2D eigenvalue weighted by Crippen LogP contribution is 2.32. The van der Waals surface area contributed by atoms with Crippen LogP contribution in [0, 0.1) is 5.82 Å². The lowest BCUT2D eigenvalue weighted by molar-refractivity contribution is -0.131. The number of likely N-dealkylation sites (tertiary alicyclic amines) is 1. The number of hydrogen-bond acceptors (Lipinski definition) is 3. The molecule has 1 fully saturated rings. The number of carbonyl (C=O) groups is 2. The van der Waals surface area contributed by atoms with E-state index in [9.17, 15) is 14.0 Å². The van der Waals surface area contributed by atoms with Gasteiger partial charge in [-0.15, -0.1) is 0 Å². The van der Waals surface area contributed by atoms with E-state index >= 15 is 0 Å². The van der Waals surface area contributed by atoms with Crippen molar-refractivity contribution in [3.05, 3.63) is 65.5 Å². The van der Waals surface area contributed by atoms with Crippen LogP contribution in [0.2, 0.25) is 0 Å². The maximum Gasteiger partial charge on any atom is 0.251 e. The van der Waals surface area contributed by atoms with Crippen molar-refractivity contribution in [1.29, 1.82) is 0 Å². The molecule has 0 aromatic heterocycles. The Labute approximate surface area is 151 Å². The Bertz CT molecular complexity index is 792. The number of nitrogens with one attached hydrogen (secondary N) is 1. The minimum Gasteiger partial charge on any atom is -0.497 e. The molecule has 5 nitrogen and oxygen atoms in total. The third-order valence-corrected chi connectivity index (χ3v) is 4.56. The Morgan fingerprint density at radius 1 is 1.23 bits per heavy atom. The zero-order chi connectivity index (χ0) is 18.5. The molecule has 0 saturated carbocycles. The summed E-state index contributed by atoms with van der Waals surface area (Å²) in [4.78, 5) is 26.4. The van der Waals surface area contributed by atoms with Crippen molar-refractivity contribution >= 4 is 11.8 Å². The second kappa shape index (κ2) is 7.99. The van der Waals surface area contributed by atoms with E-state index in [1.165, 1.54) is 18.2 Å². The minimum atomic E-state index is -0.483. The van der Waals surface area contributed by atoms with Crippen LogP contribution in [-0.4, -0.2) is 36.9 Å². The van der Waals surface area contributed by atoms with Crippen LogP contribution in [0.15, 0.2) is 48.5 Å². The quantitative estimate of drug-likeness (QED) is 0.896. The van der Waals surface area contributed by atoms with Crippen molar-refractivity contribution in [1.82, 2.24) is 10.2 Å². The Hall–Kier alpha value is -2.89. The summed E-state index contributed by atoms with van der Waals surface area (Å²) in [6, 6.07) is 13.1. The monoisotopic (exact) mass is 356 g/mol. The van der Waals surface area contributed by atoms with E-state index in [1.807, 2.05) is 24.3 Å². The normalized spacial score (nSPS) is 16.4. The Kier molecular flexibility index (Phi) is 5.51. The summed E-state index contributed by atoms with van der Waals surface area (Å²) in [6.07, 6.45) is 1.80. The molecule has 0 spiro atoms. The smallest absolute Gasteiger partial charge is 0.251 e. The first-order chi connectivity index (χ1) is 12.6. The second-order valence-electron chi connectivity index (χ2n) is 6.21. The van der Waals surface area contributed by atoms with Crippen molar-refractivity contribution in [2.75, 3.05) is 20.2 Å². The van der Waals surface area contributed by atoms with Crippen molar-refractivity contribution < 1.29 is 18.7 Å². The average Bonchev–Trinajstić information content (AvgIpc) is 3.16.